The number of unbranched alkanes of at least 4 members (excludes halogenated alkanes) is 2. The summed E-state index contributed by atoms with van der Waals surface area (Å²) >= 11 is 0. The number of nitro groups is 1. The number of para-hydroxylation sites is 1. The summed E-state index contributed by atoms with van der Waals surface area (Å²) in [5.74, 6) is 1.26. The fraction of sp³-hybridized carbons (Fsp3) is 0.310. The van der Waals surface area contributed by atoms with Crippen molar-refractivity contribution in [2.24, 2.45) is 0 Å². The van der Waals surface area contributed by atoms with Gasteiger partial charge < -0.3 is 9.47 Å². The molecule has 0 aliphatic rings. The van der Waals surface area contributed by atoms with Crippen molar-refractivity contribution in [2.75, 3.05) is 13.2 Å². The molecule has 4 aromatic carbocycles. The summed E-state index contributed by atoms with van der Waals surface area (Å²) in [6.45, 7) is 4.72. The Balaban J connectivity index is 1.80. The Bertz CT molecular complexity index is 1550. The summed E-state index contributed by atoms with van der Waals surface area (Å²) in [6, 6.07) is 18.4. The van der Waals surface area contributed by atoms with E-state index in [1.165, 1.54) is 30.3 Å². The van der Waals surface area contributed by atoms with Crippen LogP contribution in [0.1, 0.15) is 45.1 Å². The van der Waals surface area contributed by atoms with Crippen LogP contribution in [-0.4, -0.2) is 26.6 Å². The molecule has 38 heavy (non-hydrogen) atoms. The topological polar surface area (TPSA) is 105 Å². The summed E-state index contributed by atoms with van der Waals surface area (Å²) in [6.07, 6.45) is 3.67. The fourth-order valence-corrected chi connectivity index (χ4v) is 5.12. The predicted octanol–water partition coefficient (Wildman–Crippen LogP) is 7.16. The molecule has 4 aromatic rings. The zero-order chi connectivity index (χ0) is 27.1. The zero-order valence-corrected chi connectivity index (χ0v) is 22.3. The number of nitro benzene ring substituents is 1. The SMILES string of the molecule is CCCCOc1c2ccccc2c(OCCCC)c2cc(S(=O)(=O)OCc3ccccc3[N+](=O)[O-])ccc12. The Morgan fingerprint density at radius 2 is 1.32 bits per heavy atom. The van der Waals surface area contributed by atoms with E-state index >= 15 is 0 Å². The Labute approximate surface area is 222 Å². The van der Waals surface area contributed by atoms with Crippen LogP contribution >= 0.6 is 0 Å². The molecule has 0 unspecified atom stereocenters. The van der Waals surface area contributed by atoms with E-state index in [1.54, 1.807) is 12.1 Å². The summed E-state index contributed by atoms with van der Waals surface area (Å²) in [7, 11) is -4.24. The number of hydrogen-bond donors (Lipinski definition) is 0. The molecule has 0 aromatic heterocycles. The summed E-state index contributed by atoms with van der Waals surface area (Å²) in [5.41, 5.74) is -0.0313. The first kappa shape index (κ1) is 27.3. The van der Waals surface area contributed by atoms with Gasteiger partial charge in [0.05, 0.1) is 35.2 Å². The Hall–Kier alpha value is -3.69. The number of benzene rings is 4. The Kier molecular flexibility index (Phi) is 8.81. The van der Waals surface area contributed by atoms with Gasteiger partial charge >= 0.3 is 0 Å². The highest BCUT2D eigenvalue weighted by molar-refractivity contribution is 7.86. The van der Waals surface area contributed by atoms with Crippen LogP contribution in [0, 0.1) is 10.1 Å². The molecule has 0 amide bonds. The average Bonchev–Trinajstić information content (AvgIpc) is 2.93. The van der Waals surface area contributed by atoms with Crippen molar-refractivity contribution in [3.8, 4) is 11.5 Å². The van der Waals surface area contributed by atoms with Gasteiger partial charge in [0.2, 0.25) is 0 Å². The number of rotatable bonds is 13. The lowest BCUT2D eigenvalue weighted by Crippen LogP contribution is -2.08. The van der Waals surface area contributed by atoms with Crippen LogP contribution in [0.25, 0.3) is 21.5 Å². The van der Waals surface area contributed by atoms with Crippen molar-refractivity contribution in [3.05, 3.63) is 82.4 Å². The van der Waals surface area contributed by atoms with E-state index in [0.717, 1.165) is 41.8 Å². The van der Waals surface area contributed by atoms with Gasteiger partial charge in [0, 0.05) is 27.6 Å². The molecule has 0 heterocycles. The van der Waals surface area contributed by atoms with Gasteiger partial charge in [-0.05, 0) is 37.1 Å². The molecule has 0 radical (unpaired) electrons. The van der Waals surface area contributed by atoms with Gasteiger partial charge in [0.15, 0.2) is 0 Å². The van der Waals surface area contributed by atoms with Gasteiger partial charge in [-0.1, -0.05) is 63.1 Å². The molecule has 0 atom stereocenters. The molecule has 0 aliphatic carbocycles. The van der Waals surface area contributed by atoms with Crippen LogP contribution in [0.2, 0.25) is 0 Å². The van der Waals surface area contributed by atoms with Gasteiger partial charge in [-0.3, -0.25) is 14.3 Å². The van der Waals surface area contributed by atoms with Crippen molar-refractivity contribution in [2.45, 2.75) is 51.0 Å². The molecule has 0 N–H and O–H groups in total. The van der Waals surface area contributed by atoms with Crippen molar-refractivity contribution in [1.82, 2.24) is 0 Å². The highest BCUT2D eigenvalue weighted by Gasteiger charge is 2.23. The third-order valence-electron chi connectivity index (χ3n) is 6.23. The second kappa shape index (κ2) is 12.2. The molecule has 0 saturated heterocycles. The molecule has 0 fully saturated rings. The van der Waals surface area contributed by atoms with E-state index in [4.69, 9.17) is 13.7 Å². The lowest BCUT2D eigenvalue weighted by Gasteiger charge is -2.18. The zero-order valence-electron chi connectivity index (χ0n) is 21.5. The van der Waals surface area contributed by atoms with Crippen LogP contribution in [0.4, 0.5) is 5.69 Å². The van der Waals surface area contributed by atoms with Crippen LogP contribution < -0.4 is 9.47 Å². The maximum absolute atomic E-state index is 13.2. The maximum atomic E-state index is 13.2. The van der Waals surface area contributed by atoms with Crippen LogP contribution in [-0.2, 0) is 20.9 Å². The molecule has 8 nitrogen and oxygen atoms in total. The van der Waals surface area contributed by atoms with Gasteiger partial charge in [-0.15, -0.1) is 0 Å². The Morgan fingerprint density at radius 3 is 1.92 bits per heavy atom. The minimum atomic E-state index is -4.24. The largest absolute Gasteiger partial charge is 0.492 e. The van der Waals surface area contributed by atoms with Gasteiger partial charge in [0.25, 0.3) is 15.8 Å². The quantitative estimate of drug-likeness (QED) is 0.0585. The monoisotopic (exact) mass is 537 g/mol. The minimum absolute atomic E-state index is 0.0706. The summed E-state index contributed by atoms with van der Waals surface area (Å²) < 4.78 is 44.1. The van der Waals surface area contributed by atoms with Crippen molar-refractivity contribution < 1.29 is 27.0 Å². The highest BCUT2D eigenvalue weighted by atomic mass is 32.2. The van der Waals surface area contributed by atoms with Crippen molar-refractivity contribution >= 4 is 37.4 Å². The second-order valence-electron chi connectivity index (χ2n) is 8.92. The molecular formula is C29H31NO7S. The summed E-state index contributed by atoms with van der Waals surface area (Å²) in [4.78, 5) is 10.7. The van der Waals surface area contributed by atoms with E-state index in [9.17, 15) is 18.5 Å². The lowest BCUT2D eigenvalue weighted by atomic mass is 10.0. The summed E-state index contributed by atoms with van der Waals surface area (Å²) in [5, 5.41) is 14.4. The third-order valence-corrected chi connectivity index (χ3v) is 7.49. The van der Waals surface area contributed by atoms with Gasteiger partial charge in [-0.2, -0.15) is 8.42 Å². The van der Waals surface area contributed by atoms with Crippen LogP contribution in [0.15, 0.2) is 71.6 Å². The van der Waals surface area contributed by atoms with E-state index < -0.39 is 21.6 Å². The number of fused-ring (bicyclic) bond motifs is 2. The molecular weight excluding hydrogens is 506 g/mol. The third kappa shape index (κ3) is 5.89. The van der Waals surface area contributed by atoms with E-state index in [2.05, 4.69) is 13.8 Å². The highest BCUT2D eigenvalue weighted by Crippen LogP contribution is 2.44. The van der Waals surface area contributed by atoms with Crippen LogP contribution in [0.5, 0.6) is 11.5 Å². The van der Waals surface area contributed by atoms with Crippen LogP contribution in [0.3, 0.4) is 0 Å². The second-order valence-corrected chi connectivity index (χ2v) is 10.5. The molecule has 4 rings (SSSR count). The number of hydrogen-bond acceptors (Lipinski definition) is 7. The predicted molar refractivity (Wildman–Crippen MR) is 147 cm³/mol. The first-order valence-corrected chi connectivity index (χ1v) is 14.1. The molecule has 0 saturated carbocycles. The maximum Gasteiger partial charge on any atom is 0.297 e. The van der Waals surface area contributed by atoms with Crippen molar-refractivity contribution in [3.63, 3.8) is 0 Å². The average molecular weight is 538 g/mol. The van der Waals surface area contributed by atoms with E-state index in [1.807, 2.05) is 24.3 Å². The fourth-order valence-electron chi connectivity index (χ4n) is 4.20. The Morgan fingerprint density at radius 1 is 0.763 bits per heavy atom. The van der Waals surface area contributed by atoms with Crippen molar-refractivity contribution in [1.29, 1.82) is 0 Å². The standard InChI is InChI=1S/C29H31NO7S/c1-3-5-17-35-28-23-12-8-9-13-24(23)29(36-18-6-4-2)26-19-22(15-16-25(26)28)38(33,34)37-20-21-11-7-10-14-27(21)30(31)32/h7-16,19H,3-6,17-18,20H2,1-2H3. The van der Waals surface area contributed by atoms with E-state index in [0.29, 0.717) is 30.1 Å². The van der Waals surface area contributed by atoms with E-state index in [-0.39, 0.29) is 16.1 Å². The molecule has 0 spiro atoms. The number of ether oxygens (including phenoxy) is 2. The molecule has 200 valence electrons. The lowest BCUT2D eigenvalue weighted by molar-refractivity contribution is -0.385. The normalized spacial score (nSPS) is 11.6. The minimum Gasteiger partial charge on any atom is -0.492 e. The molecule has 0 aliphatic heterocycles. The molecule has 9 heteroatoms. The first-order chi connectivity index (χ1) is 18.4. The smallest absolute Gasteiger partial charge is 0.297 e. The first-order valence-electron chi connectivity index (χ1n) is 12.7. The number of nitrogens with zero attached hydrogens (tertiary/aromatic N) is 1. The molecule has 0 bridgehead atoms. The van der Waals surface area contributed by atoms with Gasteiger partial charge in [-0.25, -0.2) is 0 Å². The van der Waals surface area contributed by atoms with Gasteiger partial charge in [0.1, 0.15) is 11.5 Å².